The lowest BCUT2D eigenvalue weighted by Crippen LogP contribution is -2.40. The van der Waals surface area contributed by atoms with E-state index in [1.807, 2.05) is 24.0 Å². The van der Waals surface area contributed by atoms with Crippen molar-refractivity contribution in [2.75, 3.05) is 7.05 Å². The fourth-order valence-corrected chi connectivity index (χ4v) is 3.69. The summed E-state index contributed by atoms with van der Waals surface area (Å²) in [5.41, 5.74) is 5.06. The van der Waals surface area contributed by atoms with Gasteiger partial charge in [0, 0.05) is 31.4 Å². The van der Waals surface area contributed by atoms with Gasteiger partial charge < -0.3 is 10.6 Å². The van der Waals surface area contributed by atoms with Crippen LogP contribution in [0.1, 0.15) is 42.0 Å². The molecule has 2 N–H and O–H groups in total. The Labute approximate surface area is 166 Å². The lowest BCUT2D eigenvalue weighted by atomic mass is 10.0. The van der Waals surface area contributed by atoms with Crippen LogP contribution >= 0.6 is 0 Å². The molecule has 5 heteroatoms. The van der Waals surface area contributed by atoms with E-state index in [9.17, 15) is 0 Å². The number of guanidine groups is 1. The second-order valence-corrected chi connectivity index (χ2v) is 7.43. The summed E-state index contributed by atoms with van der Waals surface area (Å²) in [5, 5.41) is 11.4. The van der Waals surface area contributed by atoms with Crippen molar-refractivity contribution in [2.24, 2.45) is 4.99 Å². The normalized spacial score (nSPS) is 19.9. The Bertz CT molecular complexity index is 961. The molecular formula is C23H27N5. The molecule has 2 aromatic carbocycles. The number of nitrogens with one attached hydrogen (secondary N) is 2. The van der Waals surface area contributed by atoms with Crippen molar-refractivity contribution in [1.29, 1.82) is 0 Å². The first-order valence-corrected chi connectivity index (χ1v) is 9.81. The van der Waals surface area contributed by atoms with Crippen LogP contribution in [-0.4, -0.2) is 28.8 Å². The third-order valence-corrected chi connectivity index (χ3v) is 5.42. The summed E-state index contributed by atoms with van der Waals surface area (Å²) in [6.07, 6.45) is 4.89. The van der Waals surface area contributed by atoms with E-state index >= 15 is 0 Å². The highest BCUT2D eigenvalue weighted by Crippen LogP contribution is 2.42. The quantitative estimate of drug-likeness (QED) is 0.526. The maximum atomic E-state index is 4.43. The fraction of sp³-hybridized carbons (Fsp3) is 0.304. The molecule has 1 saturated carbocycles. The third kappa shape index (κ3) is 3.93. The van der Waals surface area contributed by atoms with Crippen LogP contribution in [0.3, 0.4) is 0 Å². The van der Waals surface area contributed by atoms with Gasteiger partial charge in [0.25, 0.3) is 0 Å². The molecule has 5 nitrogen and oxygen atoms in total. The molecule has 1 heterocycles. The van der Waals surface area contributed by atoms with E-state index in [4.69, 9.17) is 0 Å². The van der Waals surface area contributed by atoms with Crippen molar-refractivity contribution in [2.45, 2.75) is 38.3 Å². The van der Waals surface area contributed by atoms with Crippen LogP contribution in [0.2, 0.25) is 0 Å². The van der Waals surface area contributed by atoms with Gasteiger partial charge in [-0.15, -0.1) is 0 Å². The minimum Gasteiger partial charge on any atom is -0.353 e. The molecule has 0 spiro atoms. The molecule has 3 aromatic rings. The molecule has 1 aliphatic carbocycles. The Kier molecular flexibility index (Phi) is 5.15. The van der Waals surface area contributed by atoms with E-state index < -0.39 is 0 Å². The molecule has 0 saturated heterocycles. The first-order valence-electron chi connectivity index (χ1n) is 9.81. The van der Waals surface area contributed by atoms with Crippen LogP contribution < -0.4 is 10.6 Å². The van der Waals surface area contributed by atoms with Crippen LogP contribution in [0.25, 0.3) is 5.69 Å². The van der Waals surface area contributed by atoms with Crippen LogP contribution in [0.5, 0.6) is 0 Å². The van der Waals surface area contributed by atoms with Gasteiger partial charge in [-0.05, 0) is 55.2 Å². The molecule has 4 rings (SSSR count). The zero-order valence-corrected chi connectivity index (χ0v) is 16.6. The average molecular weight is 374 g/mol. The van der Waals surface area contributed by atoms with Gasteiger partial charge in [-0.2, -0.15) is 5.10 Å². The predicted octanol–water partition coefficient (Wildman–Crippen LogP) is 3.96. The lowest BCUT2D eigenvalue weighted by molar-refractivity contribution is 0.680. The van der Waals surface area contributed by atoms with Crippen molar-refractivity contribution >= 4 is 5.96 Å². The molecule has 1 aromatic heterocycles. The number of aryl methyl sites for hydroxylation is 1. The minimum absolute atomic E-state index is 0.136. The van der Waals surface area contributed by atoms with Crippen molar-refractivity contribution < 1.29 is 0 Å². The maximum absolute atomic E-state index is 4.43. The summed E-state index contributed by atoms with van der Waals surface area (Å²) in [6.45, 7) is 4.34. The summed E-state index contributed by atoms with van der Waals surface area (Å²) in [6, 6.07) is 19.6. The van der Waals surface area contributed by atoms with Crippen molar-refractivity contribution in [1.82, 2.24) is 20.4 Å². The summed E-state index contributed by atoms with van der Waals surface area (Å²) >= 11 is 0. The molecule has 144 valence electrons. The standard InChI is InChI=1S/C23H27N5/c1-16-8-4-5-11-20(16)21-15-22(21)27-23(24-3)26-17(2)18-9-6-10-19(14-18)28-13-7-12-25-28/h4-14,17,21-22H,15H2,1-3H3,(H2,24,26,27). The number of benzene rings is 2. The van der Waals surface area contributed by atoms with E-state index in [1.54, 1.807) is 6.20 Å². The largest absolute Gasteiger partial charge is 0.353 e. The summed E-state index contributed by atoms with van der Waals surface area (Å²) in [7, 11) is 1.83. The van der Waals surface area contributed by atoms with Crippen LogP contribution in [0, 0.1) is 6.92 Å². The molecule has 1 fully saturated rings. The Morgan fingerprint density at radius 2 is 2.04 bits per heavy atom. The Hall–Kier alpha value is -3.08. The molecule has 0 aliphatic heterocycles. The summed E-state index contributed by atoms with van der Waals surface area (Å²) in [5.74, 6) is 1.41. The Morgan fingerprint density at radius 3 is 2.79 bits per heavy atom. The molecule has 3 unspecified atom stereocenters. The van der Waals surface area contributed by atoms with E-state index in [0.29, 0.717) is 12.0 Å². The molecule has 0 bridgehead atoms. The SMILES string of the molecule is CN=C(NC(C)c1cccc(-n2cccn2)c1)NC1CC1c1ccccc1C. The van der Waals surface area contributed by atoms with Gasteiger partial charge in [0.15, 0.2) is 5.96 Å². The monoisotopic (exact) mass is 373 g/mol. The predicted molar refractivity (Wildman–Crippen MR) is 114 cm³/mol. The van der Waals surface area contributed by atoms with E-state index in [0.717, 1.165) is 18.1 Å². The number of aliphatic imine (C=N–C) groups is 1. The van der Waals surface area contributed by atoms with Crippen LogP contribution in [0.4, 0.5) is 0 Å². The smallest absolute Gasteiger partial charge is 0.191 e. The van der Waals surface area contributed by atoms with Gasteiger partial charge in [0.2, 0.25) is 0 Å². The summed E-state index contributed by atoms with van der Waals surface area (Å²) in [4.78, 5) is 4.43. The van der Waals surface area contributed by atoms with Gasteiger partial charge in [-0.3, -0.25) is 4.99 Å². The highest BCUT2D eigenvalue weighted by Gasteiger charge is 2.39. The van der Waals surface area contributed by atoms with Crippen LogP contribution in [-0.2, 0) is 0 Å². The number of aromatic nitrogens is 2. The zero-order chi connectivity index (χ0) is 19.5. The van der Waals surface area contributed by atoms with Gasteiger partial charge in [-0.1, -0.05) is 36.4 Å². The molecule has 3 atom stereocenters. The first-order chi connectivity index (χ1) is 13.7. The molecule has 28 heavy (non-hydrogen) atoms. The van der Waals surface area contributed by atoms with Crippen LogP contribution in [0.15, 0.2) is 72.0 Å². The van der Waals surface area contributed by atoms with Gasteiger partial charge in [0.05, 0.1) is 11.7 Å². The van der Waals surface area contributed by atoms with Gasteiger partial charge in [-0.25, -0.2) is 4.68 Å². The van der Waals surface area contributed by atoms with Crippen molar-refractivity contribution in [3.05, 3.63) is 83.7 Å². The van der Waals surface area contributed by atoms with Gasteiger partial charge >= 0.3 is 0 Å². The van der Waals surface area contributed by atoms with E-state index in [-0.39, 0.29) is 6.04 Å². The Morgan fingerprint density at radius 1 is 1.18 bits per heavy atom. The number of rotatable bonds is 5. The molecule has 0 amide bonds. The topological polar surface area (TPSA) is 54.2 Å². The highest BCUT2D eigenvalue weighted by atomic mass is 15.3. The lowest BCUT2D eigenvalue weighted by Gasteiger charge is -2.19. The van der Waals surface area contributed by atoms with Crippen molar-refractivity contribution in [3.8, 4) is 5.69 Å². The zero-order valence-electron chi connectivity index (χ0n) is 16.6. The second-order valence-electron chi connectivity index (χ2n) is 7.43. The van der Waals surface area contributed by atoms with E-state index in [2.05, 4.69) is 83.1 Å². The summed E-state index contributed by atoms with van der Waals surface area (Å²) < 4.78 is 1.88. The van der Waals surface area contributed by atoms with E-state index in [1.165, 1.54) is 16.7 Å². The first kappa shape index (κ1) is 18.3. The number of hydrogen-bond acceptors (Lipinski definition) is 2. The second kappa shape index (κ2) is 7.89. The van der Waals surface area contributed by atoms with Gasteiger partial charge in [0.1, 0.15) is 0 Å². The third-order valence-electron chi connectivity index (χ3n) is 5.42. The molecule has 0 radical (unpaired) electrons. The fourth-order valence-electron chi connectivity index (χ4n) is 3.69. The van der Waals surface area contributed by atoms with Crippen molar-refractivity contribution in [3.63, 3.8) is 0 Å². The molecule has 1 aliphatic rings. The average Bonchev–Trinajstić information content (AvgIpc) is 3.25. The maximum Gasteiger partial charge on any atom is 0.191 e. The molecular weight excluding hydrogens is 346 g/mol. The number of nitrogens with zero attached hydrogens (tertiary/aromatic N) is 3. The number of hydrogen-bond donors (Lipinski definition) is 2. The Balaban J connectivity index is 1.39. The minimum atomic E-state index is 0.136. The highest BCUT2D eigenvalue weighted by molar-refractivity contribution is 5.81.